The van der Waals surface area contributed by atoms with Crippen molar-refractivity contribution in [3.63, 3.8) is 0 Å². The zero-order valence-electron chi connectivity index (χ0n) is 12.0. The number of ether oxygens (including phenoxy) is 1. The number of aryl methyl sites for hydroxylation is 1. The average Bonchev–Trinajstić information content (AvgIpc) is 2.53. The first-order valence-electron chi connectivity index (χ1n) is 6.95. The first kappa shape index (κ1) is 13.6. The summed E-state index contributed by atoms with van der Waals surface area (Å²) in [7, 11) is 1.72. The molecule has 0 radical (unpaired) electrons. The van der Waals surface area contributed by atoms with Crippen molar-refractivity contribution in [3.05, 3.63) is 47.0 Å². The van der Waals surface area contributed by atoms with E-state index in [9.17, 15) is 4.79 Å². The van der Waals surface area contributed by atoms with E-state index in [0.29, 0.717) is 11.5 Å². The first-order chi connectivity index (χ1) is 10.2. The molecule has 1 saturated heterocycles. The predicted octanol–water partition coefficient (Wildman–Crippen LogP) is 1.36. The fourth-order valence-electron chi connectivity index (χ4n) is 2.30. The van der Waals surface area contributed by atoms with Crippen molar-refractivity contribution in [2.24, 2.45) is 7.05 Å². The topological polar surface area (TPSA) is 59.4 Å². The Kier molecular flexibility index (Phi) is 3.87. The zero-order valence-corrected chi connectivity index (χ0v) is 12.0. The van der Waals surface area contributed by atoms with Crippen molar-refractivity contribution < 1.29 is 4.74 Å². The van der Waals surface area contributed by atoms with Gasteiger partial charge in [-0.15, -0.1) is 0 Å². The van der Waals surface area contributed by atoms with Crippen LogP contribution in [0, 0.1) is 0 Å². The van der Waals surface area contributed by atoms with Gasteiger partial charge in [0, 0.05) is 26.3 Å². The Morgan fingerprint density at radius 1 is 1.24 bits per heavy atom. The van der Waals surface area contributed by atoms with Crippen LogP contribution in [0.1, 0.15) is 0 Å². The fourth-order valence-corrected chi connectivity index (χ4v) is 2.30. The van der Waals surface area contributed by atoms with E-state index in [2.05, 4.69) is 15.2 Å². The van der Waals surface area contributed by atoms with Crippen LogP contribution in [-0.4, -0.2) is 35.9 Å². The van der Waals surface area contributed by atoms with Gasteiger partial charge in [0.1, 0.15) is 11.5 Å². The van der Waals surface area contributed by atoms with Gasteiger partial charge in [-0.25, -0.2) is 4.98 Å². The van der Waals surface area contributed by atoms with E-state index in [1.165, 1.54) is 4.57 Å². The Morgan fingerprint density at radius 2 is 2.05 bits per heavy atom. The largest absolute Gasteiger partial charge is 0.378 e. The van der Waals surface area contributed by atoms with E-state index >= 15 is 0 Å². The van der Waals surface area contributed by atoms with Crippen LogP contribution in [0.4, 0.5) is 17.2 Å². The quantitative estimate of drug-likeness (QED) is 0.923. The number of hydrogen-bond donors (Lipinski definition) is 1. The molecule has 0 spiro atoms. The van der Waals surface area contributed by atoms with Gasteiger partial charge >= 0.3 is 0 Å². The van der Waals surface area contributed by atoms with E-state index in [1.807, 2.05) is 24.4 Å². The normalized spacial score (nSPS) is 15.0. The minimum Gasteiger partial charge on any atom is -0.378 e. The van der Waals surface area contributed by atoms with Gasteiger partial charge < -0.3 is 19.5 Å². The summed E-state index contributed by atoms with van der Waals surface area (Å²) in [6, 6.07) is 7.47. The molecule has 1 aliphatic rings. The summed E-state index contributed by atoms with van der Waals surface area (Å²) in [5.74, 6) is 0.662. The lowest BCUT2D eigenvalue weighted by atomic mass is 10.3. The van der Waals surface area contributed by atoms with Gasteiger partial charge in [0.25, 0.3) is 5.56 Å². The molecule has 3 rings (SSSR count). The van der Waals surface area contributed by atoms with Gasteiger partial charge in [0.15, 0.2) is 0 Å². The molecule has 21 heavy (non-hydrogen) atoms. The van der Waals surface area contributed by atoms with Crippen LogP contribution in [-0.2, 0) is 11.8 Å². The van der Waals surface area contributed by atoms with Crippen molar-refractivity contribution in [2.45, 2.75) is 0 Å². The maximum absolute atomic E-state index is 11.9. The second-order valence-electron chi connectivity index (χ2n) is 4.96. The second-order valence-corrected chi connectivity index (χ2v) is 4.96. The Morgan fingerprint density at radius 3 is 2.76 bits per heavy atom. The lowest BCUT2D eigenvalue weighted by Crippen LogP contribution is -2.36. The number of rotatable bonds is 3. The summed E-state index contributed by atoms with van der Waals surface area (Å²) in [6.45, 7) is 3.27. The highest BCUT2D eigenvalue weighted by Crippen LogP contribution is 2.17. The molecule has 1 aliphatic heterocycles. The van der Waals surface area contributed by atoms with E-state index in [1.54, 1.807) is 19.3 Å². The molecule has 6 heteroatoms. The molecular formula is C15H18N4O2. The predicted molar refractivity (Wildman–Crippen MR) is 82.2 cm³/mol. The highest BCUT2D eigenvalue weighted by molar-refractivity contribution is 5.57. The molecule has 0 bridgehead atoms. The number of nitrogens with one attached hydrogen (secondary N) is 1. The minimum absolute atomic E-state index is 0.0726. The van der Waals surface area contributed by atoms with Gasteiger partial charge in [-0.1, -0.05) is 0 Å². The van der Waals surface area contributed by atoms with E-state index < -0.39 is 0 Å². The van der Waals surface area contributed by atoms with Crippen molar-refractivity contribution in [2.75, 3.05) is 36.5 Å². The third kappa shape index (κ3) is 3.05. The smallest absolute Gasteiger partial charge is 0.274 e. The molecule has 1 N–H and O–H groups in total. The molecule has 0 amide bonds. The van der Waals surface area contributed by atoms with Gasteiger partial charge in [0.2, 0.25) is 0 Å². The van der Waals surface area contributed by atoms with Crippen molar-refractivity contribution in [1.82, 2.24) is 9.55 Å². The Hall–Kier alpha value is -2.34. The third-order valence-corrected chi connectivity index (χ3v) is 3.51. The van der Waals surface area contributed by atoms with Crippen LogP contribution in [0.3, 0.4) is 0 Å². The Bertz CT molecular complexity index is 660. The molecule has 2 aromatic heterocycles. The van der Waals surface area contributed by atoms with E-state index in [4.69, 9.17) is 4.74 Å². The first-order valence-corrected chi connectivity index (χ1v) is 6.95. The van der Waals surface area contributed by atoms with Crippen molar-refractivity contribution in [1.29, 1.82) is 0 Å². The summed E-state index contributed by atoms with van der Waals surface area (Å²) in [6.07, 6.45) is 3.55. The summed E-state index contributed by atoms with van der Waals surface area (Å²) in [5, 5.41) is 3.06. The van der Waals surface area contributed by atoms with Crippen molar-refractivity contribution in [3.8, 4) is 0 Å². The molecule has 1 fully saturated rings. The highest BCUT2D eigenvalue weighted by atomic mass is 16.5. The number of aromatic nitrogens is 2. The molecule has 6 nitrogen and oxygen atoms in total. The molecule has 0 aliphatic carbocycles. The van der Waals surface area contributed by atoms with Crippen LogP contribution in [0.5, 0.6) is 0 Å². The van der Waals surface area contributed by atoms with Gasteiger partial charge in [-0.2, -0.15) is 0 Å². The number of hydrogen-bond acceptors (Lipinski definition) is 5. The van der Waals surface area contributed by atoms with E-state index in [-0.39, 0.29) is 5.56 Å². The molecule has 110 valence electrons. The summed E-state index contributed by atoms with van der Waals surface area (Å²) in [4.78, 5) is 18.6. The molecule has 2 aromatic rings. The van der Waals surface area contributed by atoms with Gasteiger partial charge in [-0.3, -0.25) is 4.79 Å². The SMILES string of the molecule is Cn1cccc(Nc2ccc(N3CCOCC3)cn2)c1=O. The Labute approximate surface area is 123 Å². The maximum Gasteiger partial charge on any atom is 0.274 e. The van der Waals surface area contributed by atoms with Crippen LogP contribution in [0.2, 0.25) is 0 Å². The van der Waals surface area contributed by atoms with Crippen LogP contribution in [0.25, 0.3) is 0 Å². The fraction of sp³-hybridized carbons (Fsp3) is 0.333. The lowest BCUT2D eigenvalue weighted by molar-refractivity contribution is 0.122. The standard InChI is InChI=1S/C15H18N4O2/c1-18-6-2-3-13(15(18)20)17-14-5-4-12(11-16-14)19-7-9-21-10-8-19/h2-6,11H,7-10H2,1H3,(H,16,17). The number of nitrogens with zero attached hydrogens (tertiary/aromatic N) is 3. The van der Waals surface area contributed by atoms with Crippen molar-refractivity contribution >= 4 is 17.2 Å². The summed E-state index contributed by atoms with van der Waals surface area (Å²) >= 11 is 0. The highest BCUT2D eigenvalue weighted by Gasteiger charge is 2.11. The Balaban J connectivity index is 1.75. The number of anilines is 3. The minimum atomic E-state index is -0.0726. The monoisotopic (exact) mass is 286 g/mol. The van der Waals surface area contributed by atoms with Crippen LogP contribution >= 0.6 is 0 Å². The van der Waals surface area contributed by atoms with E-state index in [0.717, 1.165) is 32.0 Å². The number of morpholine rings is 1. The number of pyridine rings is 2. The molecule has 0 unspecified atom stereocenters. The molecule has 0 atom stereocenters. The molecule has 3 heterocycles. The second kappa shape index (κ2) is 5.97. The van der Waals surface area contributed by atoms with Crippen LogP contribution in [0.15, 0.2) is 41.5 Å². The maximum atomic E-state index is 11.9. The molecular weight excluding hydrogens is 268 g/mol. The van der Waals surface area contributed by atoms with Crippen LogP contribution < -0.4 is 15.8 Å². The van der Waals surface area contributed by atoms with Gasteiger partial charge in [-0.05, 0) is 24.3 Å². The lowest BCUT2D eigenvalue weighted by Gasteiger charge is -2.28. The average molecular weight is 286 g/mol. The zero-order chi connectivity index (χ0) is 14.7. The third-order valence-electron chi connectivity index (χ3n) is 3.51. The van der Waals surface area contributed by atoms with Gasteiger partial charge in [0.05, 0.1) is 25.1 Å². The summed E-state index contributed by atoms with van der Waals surface area (Å²) < 4.78 is 6.87. The summed E-state index contributed by atoms with van der Waals surface area (Å²) in [5.41, 5.74) is 1.52. The molecule has 0 saturated carbocycles. The molecule has 0 aromatic carbocycles.